The first kappa shape index (κ1) is 27.8. The summed E-state index contributed by atoms with van der Waals surface area (Å²) < 4.78 is 15.8. The molecule has 0 saturated carbocycles. The zero-order chi connectivity index (χ0) is 28.1. The number of aromatic hydroxyl groups is 1. The number of allylic oxidation sites excluding steroid dienone is 1. The molecule has 204 valence electrons. The fourth-order valence-electron chi connectivity index (χ4n) is 5.15. The summed E-state index contributed by atoms with van der Waals surface area (Å²) in [6, 6.07) is 12.3. The van der Waals surface area contributed by atoms with Gasteiger partial charge in [0.2, 0.25) is 5.88 Å². The van der Waals surface area contributed by atoms with Gasteiger partial charge >= 0.3 is 0 Å². The Morgan fingerprint density at radius 2 is 1.85 bits per heavy atom. The Morgan fingerprint density at radius 1 is 1.15 bits per heavy atom. The second-order valence-corrected chi connectivity index (χ2v) is 9.47. The van der Waals surface area contributed by atoms with E-state index >= 15 is 0 Å². The molecule has 1 amide bonds. The van der Waals surface area contributed by atoms with E-state index in [1.165, 1.54) is 15.5 Å². The molecule has 1 atom stereocenters. The Kier molecular flexibility index (Phi) is 8.59. The second-order valence-electron chi connectivity index (χ2n) is 9.47. The first-order valence-electron chi connectivity index (χ1n) is 13.3. The Hall–Kier alpha value is -4.27. The molecular formula is C30H34FN5O3. The van der Waals surface area contributed by atoms with E-state index in [4.69, 9.17) is 5.41 Å². The van der Waals surface area contributed by atoms with Crippen molar-refractivity contribution in [2.45, 2.75) is 46.0 Å². The molecule has 39 heavy (non-hydrogen) atoms. The van der Waals surface area contributed by atoms with Crippen LogP contribution in [0.5, 0.6) is 5.88 Å². The number of rotatable bonds is 9. The number of carbonyl (C=O) groups excluding carboxylic acids is 1. The zero-order valence-electron chi connectivity index (χ0n) is 22.5. The fraction of sp³-hybridized carbons (Fsp3) is 0.333. The van der Waals surface area contributed by atoms with E-state index in [-0.39, 0.29) is 29.7 Å². The number of likely N-dealkylation sites (tertiary alicyclic amines) is 1. The average molecular weight is 532 g/mol. The van der Waals surface area contributed by atoms with Gasteiger partial charge in [-0.15, -0.1) is 0 Å². The van der Waals surface area contributed by atoms with Crippen molar-refractivity contribution < 1.29 is 14.3 Å². The van der Waals surface area contributed by atoms with Crippen LogP contribution in [0.1, 0.15) is 66.0 Å². The van der Waals surface area contributed by atoms with Gasteiger partial charge in [-0.25, -0.2) is 4.39 Å². The van der Waals surface area contributed by atoms with Gasteiger partial charge in [0.15, 0.2) is 11.4 Å². The van der Waals surface area contributed by atoms with E-state index in [0.717, 1.165) is 17.3 Å². The van der Waals surface area contributed by atoms with Crippen molar-refractivity contribution in [2.75, 3.05) is 19.6 Å². The number of nitrogens with one attached hydrogen (secondary N) is 2. The molecule has 0 aliphatic carbocycles. The Bertz CT molecular complexity index is 1460. The minimum absolute atomic E-state index is 0.0613. The molecule has 0 radical (unpaired) electrons. The number of aryl methyl sites for hydroxylation is 2. The standard InChI is InChI=1S/C30H34FN5O3/c1-4-19-10-9-11-20(5-2)26(19)36-27(22(16-32)17-33-6-3)34-28(37)25(30(36)39)29(38)35-15-14-21(18-35)23-12-7-8-13-24(23)31/h7-13,16-17,21,32-33,39H,4-6,14-15,18H2,1-3H3/b22-17+,32-16?. The van der Waals surface area contributed by atoms with Crippen LogP contribution in [-0.4, -0.2) is 51.3 Å². The largest absolute Gasteiger partial charge is 0.493 e. The number of halogens is 1. The van der Waals surface area contributed by atoms with E-state index < -0.39 is 22.9 Å². The van der Waals surface area contributed by atoms with Gasteiger partial charge < -0.3 is 20.7 Å². The van der Waals surface area contributed by atoms with E-state index in [1.807, 2.05) is 39.0 Å². The predicted octanol–water partition coefficient (Wildman–Crippen LogP) is 4.43. The summed E-state index contributed by atoms with van der Waals surface area (Å²) in [6.07, 6.45) is 4.41. The monoisotopic (exact) mass is 531 g/mol. The lowest BCUT2D eigenvalue weighted by Gasteiger charge is -2.23. The number of aromatic nitrogens is 2. The lowest BCUT2D eigenvalue weighted by molar-refractivity contribution is 0.0784. The average Bonchev–Trinajstić information content (AvgIpc) is 3.43. The second kappa shape index (κ2) is 12.1. The lowest BCUT2D eigenvalue weighted by Crippen LogP contribution is -2.35. The van der Waals surface area contributed by atoms with Crippen molar-refractivity contribution in [3.05, 3.63) is 92.9 Å². The summed E-state index contributed by atoms with van der Waals surface area (Å²) in [6.45, 7) is 6.97. The van der Waals surface area contributed by atoms with Gasteiger partial charge in [0.1, 0.15) is 5.82 Å². The molecule has 1 saturated heterocycles. The number of benzene rings is 2. The molecule has 1 fully saturated rings. The molecule has 1 unspecified atom stereocenters. The maximum Gasteiger partial charge on any atom is 0.290 e. The maximum atomic E-state index is 14.4. The van der Waals surface area contributed by atoms with Crippen molar-refractivity contribution in [3.63, 3.8) is 0 Å². The van der Waals surface area contributed by atoms with Crippen molar-refractivity contribution in [3.8, 4) is 11.6 Å². The maximum absolute atomic E-state index is 14.4. The molecule has 1 aliphatic heterocycles. The summed E-state index contributed by atoms with van der Waals surface area (Å²) in [5.41, 5.74) is 1.90. The van der Waals surface area contributed by atoms with Gasteiger partial charge in [-0.1, -0.05) is 50.2 Å². The van der Waals surface area contributed by atoms with Crippen molar-refractivity contribution in [1.29, 1.82) is 5.41 Å². The van der Waals surface area contributed by atoms with Gasteiger partial charge in [0.05, 0.1) is 11.3 Å². The van der Waals surface area contributed by atoms with E-state index in [0.29, 0.717) is 43.6 Å². The molecule has 3 N–H and O–H groups in total. The minimum atomic E-state index is -0.880. The fourth-order valence-corrected chi connectivity index (χ4v) is 5.15. The van der Waals surface area contributed by atoms with Crippen molar-refractivity contribution in [2.24, 2.45) is 0 Å². The highest BCUT2D eigenvalue weighted by Crippen LogP contribution is 2.33. The van der Waals surface area contributed by atoms with Gasteiger partial charge in [0.25, 0.3) is 11.5 Å². The molecule has 2 heterocycles. The van der Waals surface area contributed by atoms with Crippen molar-refractivity contribution >= 4 is 17.7 Å². The SMILES string of the molecule is CCN/C=C(\C=N)c1nc(=O)c(C(=O)N2CCC(c3ccccc3F)C2)c(O)n1-c1c(CC)cccc1CC. The first-order valence-corrected chi connectivity index (χ1v) is 13.3. The molecule has 1 aromatic heterocycles. The van der Waals surface area contributed by atoms with Crippen LogP contribution in [0.3, 0.4) is 0 Å². The number of para-hydroxylation sites is 1. The highest BCUT2D eigenvalue weighted by Gasteiger charge is 2.34. The van der Waals surface area contributed by atoms with E-state index in [9.17, 15) is 19.1 Å². The normalized spacial score (nSPS) is 15.4. The highest BCUT2D eigenvalue weighted by atomic mass is 19.1. The van der Waals surface area contributed by atoms with Crippen LogP contribution < -0.4 is 10.9 Å². The Labute approximate surface area is 227 Å². The third kappa shape index (κ3) is 5.34. The molecule has 3 aromatic rings. The van der Waals surface area contributed by atoms with Gasteiger partial charge in [-0.2, -0.15) is 4.98 Å². The highest BCUT2D eigenvalue weighted by molar-refractivity contribution is 6.07. The quantitative estimate of drug-likeness (QED) is 0.354. The summed E-state index contributed by atoms with van der Waals surface area (Å²) in [7, 11) is 0. The van der Waals surface area contributed by atoms with Crippen LogP contribution in [0.2, 0.25) is 0 Å². The number of hydrogen-bond acceptors (Lipinski definition) is 6. The molecular weight excluding hydrogens is 497 g/mol. The van der Waals surface area contributed by atoms with E-state index in [2.05, 4.69) is 10.3 Å². The summed E-state index contributed by atoms with van der Waals surface area (Å²) in [4.78, 5) is 32.8. The molecule has 8 nitrogen and oxygen atoms in total. The molecule has 0 bridgehead atoms. The van der Waals surface area contributed by atoms with Crippen LogP contribution in [0.15, 0.2) is 53.5 Å². The smallest absolute Gasteiger partial charge is 0.290 e. The van der Waals surface area contributed by atoms with Crippen LogP contribution >= 0.6 is 0 Å². The third-order valence-corrected chi connectivity index (χ3v) is 7.17. The van der Waals surface area contributed by atoms with Gasteiger partial charge in [-0.05, 0) is 48.9 Å². The van der Waals surface area contributed by atoms with Crippen molar-refractivity contribution in [1.82, 2.24) is 19.8 Å². The summed E-state index contributed by atoms with van der Waals surface area (Å²) in [5, 5.41) is 22.7. The van der Waals surface area contributed by atoms with Crippen LogP contribution in [0.4, 0.5) is 4.39 Å². The summed E-state index contributed by atoms with van der Waals surface area (Å²) in [5.74, 6) is -1.66. The molecule has 4 rings (SSSR count). The van der Waals surface area contributed by atoms with Crippen LogP contribution in [0, 0.1) is 11.2 Å². The number of nitrogens with zero attached hydrogens (tertiary/aromatic N) is 3. The first-order chi connectivity index (χ1) is 18.9. The Morgan fingerprint density at radius 3 is 2.46 bits per heavy atom. The third-order valence-electron chi connectivity index (χ3n) is 7.17. The summed E-state index contributed by atoms with van der Waals surface area (Å²) >= 11 is 0. The molecule has 2 aromatic carbocycles. The van der Waals surface area contributed by atoms with Crippen LogP contribution in [-0.2, 0) is 12.8 Å². The topological polar surface area (TPSA) is 111 Å². The molecule has 9 heteroatoms. The lowest BCUT2D eigenvalue weighted by atomic mass is 9.98. The zero-order valence-corrected chi connectivity index (χ0v) is 22.5. The Balaban J connectivity index is 1.88. The van der Waals surface area contributed by atoms with Gasteiger partial charge in [0, 0.05) is 38.0 Å². The van der Waals surface area contributed by atoms with Gasteiger partial charge in [-0.3, -0.25) is 14.2 Å². The number of amides is 1. The van der Waals surface area contributed by atoms with Crippen LogP contribution in [0.25, 0.3) is 11.3 Å². The minimum Gasteiger partial charge on any atom is -0.493 e. The predicted molar refractivity (Wildman–Crippen MR) is 150 cm³/mol. The number of carbonyl (C=O) groups is 1. The molecule has 1 aliphatic rings. The van der Waals surface area contributed by atoms with E-state index in [1.54, 1.807) is 24.4 Å². The number of hydrogen-bond donors (Lipinski definition) is 3. The molecule has 0 spiro atoms.